The summed E-state index contributed by atoms with van der Waals surface area (Å²) in [6.45, 7) is 1.74. The zero-order valence-electron chi connectivity index (χ0n) is 12.9. The maximum absolute atomic E-state index is 13.6. The van der Waals surface area contributed by atoms with E-state index >= 15 is 0 Å². The summed E-state index contributed by atoms with van der Waals surface area (Å²) in [5, 5.41) is 0. The summed E-state index contributed by atoms with van der Waals surface area (Å²) in [7, 11) is 0. The number of H-pyrrole nitrogens is 1. The van der Waals surface area contributed by atoms with E-state index < -0.39 is 11.6 Å². The monoisotopic (exact) mass is 324 g/mol. The number of allylic oxidation sites excluding steroid dienone is 1. The van der Waals surface area contributed by atoms with Gasteiger partial charge in [-0.1, -0.05) is 30.3 Å². The lowest BCUT2D eigenvalue weighted by Crippen LogP contribution is -1.97. The number of benzene rings is 2. The normalized spacial score (nSPS) is 11.1. The molecular weight excluding hydrogens is 310 g/mol. The highest BCUT2D eigenvalue weighted by Crippen LogP contribution is 2.18. The smallest absolute Gasteiger partial charge is 0.206 e. The van der Waals surface area contributed by atoms with Gasteiger partial charge < -0.3 is 4.98 Å². The first kappa shape index (κ1) is 15.8. The lowest BCUT2D eigenvalue weighted by Gasteiger charge is -1.97. The molecule has 0 fully saturated rings. The van der Waals surface area contributed by atoms with Crippen LogP contribution >= 0.6 is 0 Å². The van der Waals surface area contributed by atoms with Crippen molar-refractivity contribution < 1.29 is 13.6 Å². The molecule has 1 heterocycles. The predicted octanol–water partition coefficient (Wildman–Crippen LogP) is 4.56. The van der Waals surface area contributed by atoms with Gasteiger partial charge in [-0.15, -0.1) is 0 Å². The quantitative estimate of drug-likeness (QED) is 0.565. The minimum absolute atomic E-state index is 0.0137. The van der Waals surface area contributed by atoms with Gasteiger partial charge in [0.05, 0.1) is 0 Å². The molecule has 0 saturated heterocycles. The Hall–Kier alpha value is -3.08. The Bertz CT molecular complexity index is 914. The first-order valence-electron chi connectivity index (χ1n) is 7.34. The molecule has 5 heteroatoms. The van der Waals surface area contributed by atoms with E-state index in [2.05, 4.69) is 9.97 Å². The number of hydrogen-bond donors (Lipinski definition) is 1. The van der Waals surface area contributed by atoms with Gasteiger partial charge in [0.1, 0.15) is 23.2 Å². The van der Waals surface area contributed by atoms with Crippen LogP contribution in [0.2, 0.25) is 0 Å². The number of aromatic amines is 1. The number of aryl methyl sites for hydroxylation is 1. The van der Waals surface area contributed by atoms with Crippen molar-refractivity contribution in [2.24, 2.45) is 0 Å². The van der Waals surface area contributed by atoms with Gasteiger partial charge in [-0.25, -0.2) is 13.8 Å². The molecule has 0 atom stereocenters. The van der Waals surface area contributed by atoms with Gasteiger partial charge in [0, 0.05) is 16.8 Å². The minimum Gasteiger partial charge on any atom is -0.341 e. The largest absolute Gasteiger partial charge is 0.341 e. The molecule has 24 heavy (non-hydrogen) atoms. The van der Waals surface area contributed by atoms with E-state index in [1.165, 1.54) is 12.2 Å². The Morgan fingerprint density at radius 1 is 1.12 bits per heavy atom. The zero-order valence-corrected chi connectivity index (χ0v) is 12.9. The predicted molar refractivity (Wildman–Crippen MR) is 88.5 cm³/mol. The number of ketones is 1. The van der Waals surface area contributed by atoms with Crippen LogP contribution in [0, 0.1) is 18.6 Å². The Morgan fingerprint density at radius 3 is 2.62 bits per heavy atom. The van der Waals surface area contributed by atoms with E-state index in [1.54, 1.807) is 6.92 Å². The highest BCUT2D eigenvalue weighted by Gasteiger charge is 2.13. The average Bonchev–Trinajstić information content (AvgIpc) is 2.98. The number of carbonyl (C=O) groups is 1. The van der Waals surface area contributed by atoms with Gasteiger partial charge in [-0.3, -0.25) is 4.79 Å². The summed E-state index contributed by atoms with van der Waals surface area (Å²) >= 11 is 0. The Morgan fingerprint density at radius 2 is 1.88 bits per heavy atom. The summed E-state index contributed by atoms with van der Waals surface area (Å²) in [4.78, 5) is 19.7. The molecule has 0 aliphatic rings. The number of halogens is 2. The topological polar surface area (TPSA) is 45.8 Å². The minimum atomic E-state index is -0.593. The van der Waals surface area contributed by atoms with Crippen LogP contribution in [0.4, 0.5) is 8.78 Å². The number of nitrogens with zero attached hydrogens (tertiary/aromatic N) is 1. The van der Waals surface area contributed by atoms with Crippen molar-refractivity contribution in [3.05, 3.63) is 83.2 Å². The number of nitrogens with one attached hydrogen (secondary N) is 1. The standard InChI is InChI=1S/C19H14F2N2O/c1-12-18(23-19(22-12)13-5-3-2-4-6-13)17(24)10-7-14-11-15(20)8-9-16(14)21/h2-11H,1H3,(H,22,23)/b10-7+. The van der Waals surface area contributed by atoms with Gasteiger partial charge in [-0.05, 0) is 37.3 Å². The summed E-state index contributed by atoms with van der Waals surface area (Å²) in [5.41, 5.74) is 1.74. The highest BCUT2D eigenvalue weighted by atomic mass is 19.1. The second-order valence-electron chi connectivity index (χ2n) is 5.29. The first-order valence-corrected chi connectivity index (χ1v) is 7.34. The molecule has 120 valence electrons. The van der Waals surface area contributed by atoms with Crippen molar-refractivity contribution in [3.63, 3.8) is 0 Å². The number of aromatic nitrogens is 2. The third kappa shape index (κ3) is 3.30. The Kier molecular flexibility index (Phi) is 4.33. The van der Waals surface area contributed by atoms with Crippen LogP contribution in [0.5, 0.6) is 0 Å². The lowest BCUT2D eigenvalue weighted by atomic mass is 10.1. The Balaban J connectivity index is 1.87. The van der Waals surface area contributed by atoms with Crippen LogP contribution in [0.15, 0.2) is 54.6 Å². The molecule has 0 saturated carbocycles. The molecule has 0 unspecified atom stereocenters. The fourth-order valence-corrected chi connectivity index (χ4v) is 2.32. The molecule has 0 amide bonds. The van der Waals surface area contributed by atoms with Crippen LogP contribution in [-0.4, -0.2) is 15.8 Å². The van der Waals surface area contributed by atoms with E-state index in [9.17, 15) is 13.6 Å². The third-order valence-electron chi connectivity index (χ3n) is 3.54. The molecule has 3 rings (SSSR count). The van der Waals surface area contributed by atoms with E-state index in [1.807, 2.05) is 30.3 Å². The van der Waals surface area contributed by atoms with E-state index in [0.29, 0.717) is 11.5 Å². The van der Waals surface area contributed by atoms with Crippen LogP contribution in [0.25, 0.3) is 17.5 Å². The van der Waals surface area contributed by atoms with Crippen LogP contribution in [-0.2, 0) is 0 Å². The van der Waals surface area contributed by atoms with Gasteiger partial charge in [0.15, 0.2) is 0 Å². The van der Waals surface area contributed by atoms with Crippen molar-refractivity contribution in [2.75, 3.05) is 0 Å². The summed E-state index contributed by atoms with van der Waals surface area (Å²) in [5.74, 6) is -0.952. The maximum Gasteiger partial charge on any atom is 0.206 e. The first-order chi connectivity index (χ1) is 11.5. The summed E-state index contributed by atoms with van der Waals surface area (Å²) < 4.78 is 26.7. The molecule has 2 aromatic carbocycles. The fourth-order valence-electron chi connectivity index (χ4n) is 2.32. The second kappa shape index (κ2) is 6.58. The van der Waals surface area contributed by atoms with Crippen molar-refractivity contribution in [3.8, 4) is 11.4 Å². The molecule has 3 aromatic rings. The second-order valence-corrected chi connectivity index (χ2v) is 5.29. The molecule has 3 nitrogen and oxygen atoms in total. The molecule has 0 aliphatic carbocycles. The molecule has 0 spiro atoms. The molecule has 1 aromatic heterocycles. The fraction of sp³-hybridized carbons (Fsp3) is 0.0526. The van der Waals surface area contributed by atoms with Crippen LogP contribution in [0.1, 0.15) is 21.7 Å². The highest BCUT2D eigenvalue weighted by molar-refractivity contribution is 6.06. The molecule has 1 N–H and O–H groups in total. The Labute approximate surface area is 137 Å². The SMILES string of the molecule is Cc1[nH]c(-c2ccccc2)nc1C(=O)/C=C/c1cc(F)ccc1F. The van der Waals surface area contributed by atoms with Crippen molar-refractivity contribution >= 4 is 11.9 Å². The van der Waals surface area contributed by atoms with E-state index in [-0.39, 0.29) is 17.0 Å². The summed E-state index contributed by atoms with van der Waals surface area (Å²) in [6.07, 6.45) is 2.44. The summed E-state index contributed by atoms with van der Waals surface area (Å²) in [6, 6.07) is 12.5. The van der Waals surface area contributed by atoms with Crippen LogP contribution < -0.4 is 0 Å². The van der Waals surface area contributed by atoms with Crippen molar-refractivity contribution in [1.29, 1.82) is 0 Å². The number of hydrogen-bond acceptors (Lipinski definition) is 2. The third-order valence-corrected chi connectivity index (χ3v) is 3.54. The zero-order chi connectivity index (χ0) is 17.1. The van der Waals surface area contributed by atoms with E-state index in [4.69, 9.17) is 0 Å². The van der Waals surface area contributed by atoms with Gasteiger partial charge in [-0.2, -0.15) is 0 Å². The molecule has 0 aliphatic heterocycles. The number of imidazole rings is 1. The molecule has 0 radical (unpaired) electrons. The van der Waals surface area contributed by atoms with Crippen molar-refractivity contribution in [2.45, 2.75) is 6.92 Å². The molecule has 0 bridgehead atoms. The number of rotatable bonds is 4. The molecular formula is C19H14F2N2O. The maximum atomic E-state index is 13.6. The number of carbonyl (C=O) groups excluding carboxylic acids is 1. The van der Waals surface area contributed by atoms with Gasteiger partial charge in [0.2, 0.25) is 5.78 Å². The van der Waals surface area contributed by atoms with Crippen molar-refractivity contribution in [1.82, 2.24) is 9.97 Å². The average molecular weight is 324 g/mol. The van der Waals surface area contributed by atoms with Gasteiger partial charge in [0.25, 0.3) is 0 Å². The van der Waals surface area contributed by atoms with E-state index in [0.717, 1.165) is 23.8 Å². The van der Waals surface area contributed by atoms with Crippen LogP contribution in [0.3, 0.4) is 0 Å². The van der Waals surface area contributed by atoms with Gasteiger partial charge >= 0.3 is 0 Å². The lowest BCUT2D eigenvalue weighted by molar-refractivity contribution is 0.104.